The molecule has 0 unspecified atom stereocenters. The van der Waals surface area contributed by atoms with E-state index in [9.17, 15) is 8.42 Å². The predicted molar refractivity (Wildman–Crippen MR) is 57.8 cm³/mol. The fraction of sp³-hybridized carbons (Fsp3) is 0.400. The summed E-state index contributed by atoms with van der Waals surface area (Å²) in [4.78, 5) is 0.259. The van der Waals surface area contributed by atoms with Crippen LogP contribution in [-0.2, 0) is 23.0 Å². The van der Waals surface area contributed by atoms with Crippen molar-refractivity contribution >= 4 is 10.0 Å². The van der Waals surface area contributed by atoms with E-state index >= 15 is 0 Å². The number of sulfonamides is 1. The third-order valence-corrected chi connectivity index (χ3v) is 3.63. The highest BCUT2D eigenvalue weighted by molar-refractivity contribution is 7.89. The lowest BCUT2D eigenvalue weighted by molar-refractivity contribution is 0.595. The minimum Gasteiger partial charge on any atom is -0.313 e. The van der Waals surface area contributed by atoms with Gasteiger partial charge in [-0.2, -0.15) is 0 Å². The Morgan fingerprint density at radius 1 is 1.33 bits per heavy atom. The Bertz CT molecular complexity index is 468. The average Bonchev–Trinajstić information content (AvgIpc) is 2.39. The second-order valence-corrected chi connectivity index (χ2v) is 5.25. The van der Waals surface area contributed by atoms with E-state index in [0.29, 0.717) is 6.54 Å². The molecular formula is C10H14N2O2S. The molecule has 0 saturated heterocycles. The van der Waals surface area contributed by atoms with Gasteiger partial charge in [0.05, 0.1) is 4.90 Å². The molecule has 0 radical (unpaired) electrons. The van der Waals surface area contributed by atoms with Crippen molar-refractivity contribution in [2.24, 2.45) is 5.14 Å². The summed E-state index contributed by atoms with van der Waals surface area (Å²) >= 11 is 0. The number of nitrogens with two attached hydrogens (primary N) is 1. The maximum atomic E-state index is 11.4. The number of benzene rings is 1. The van der Waals surface area contributed by atoms with E-state index in [1.54, 1.807) is 12.1 Å². The Kier molecular flexibility index (Phi) is 2.77. The van der Waals surface area contributed by atoms with E-state index in [4.69, 9.17) is 5.14 Å². The second-order valence-electron chi connectivity index (χ2n) is 3.72. The first kappa shape index (κ1) is 10.6. The lowest BCUT2D eigenvalue weighted by atomic mass is 10.0. The Balaban J connectivity index is 2.58. The van der Waals surface area contributed by atoms with Crippen molar-refractivity contribution in [3.05, 3.63) is 29.3 Å². The molecule has 0 aromatic heterocycles. The van der Waals surface area contributed by atoms with E-state index in [-0.39, 0.29) is 4.90 Å². The first-order chi connectivity index (χ1) is 7.09. The summed E-state index contributed by atoms with van der Waals surface area (Å²) in [6.45, 7) is 1.50. The summed E-state index contributed by atoms with van der Waals surface area (Å²) in [6, 6.07) is 5.29. The van der Waals surface area contributed by atoms with Crippen LogP contribution in [0.1, 0.15) is 17.5 Å². The zero-order valence-electron chi connectivity index (χ0n) is 8.36. The molecular weight excluding hydrogens is 212 g/mol. The molecule has 0 amide bonds. The molecule has 0 bridgehead atoms. The van der Waals surface area contributed by atoms with Gasteiger partial charge in [-0.3, -0.25) is 0 Å². The maximum absolute atomic E-state index is 11.4. The summed E-state index contributed by atoms with van der Waals surface area (Å²) in [6.07, 6.45) is 1.94. The van der Waals surface area contributed by atoms with Crippen molar-refractivity contribution in [3.8, 4) is 0 Å². The zero-order chi connectivity index (χ0) is 10.9. The standard InChI is InChI=1S/C10H14N2O2S/c11-15(13,14)10-5-1-3-8-4-2-6-12-7-9(8)10/h1,3,5,12H,2,4,6-7H2,(H2,11,13,14). The van der Waals surface area contributed by atoms with Crippen molar-refractivity contribution in [1.29, 1.82) is 0 Å². The largest absolute Gasteiger partial charge is 0.313 e. The Hall–Kier alpha value is -0.910. The number of aryl methyl sites for hydroxylation is 1. The van der Waals surface area contributed by atoms with Crippen molar-refractivity contribution in [2.75, 3.05) is 6.54 Å². The van der Waals surface area contributed by atoms with Crippen molar-refractivity contribution in [1.82, 2.24) is 5.32 Å². The molecule has 3 N–H and O–H groups in total. The highest BCUT2D eigenvalue weighted by Crippen LogP contribution is 2.21. The lowest BCUT2D eigenvalue weighted by Crippen LogP contribution is -2.18. The molecule has 0 atom stereocenters. The Labute approximate surface area is 89.5 Å². The van der Waals surface area contributed by atoms with Gasteiger partial charge in [0.15, 0.2) is 0 Å². The van der Waals surface area contributed by atoms with Gasteiger partial charge in [0.2, 0.25) is 10.0 Å². The number of rotatable bonds is 1. The number of fused-ring (bicyclic) bond motifs is 1. The van der Waals surface area contributed by atoms with Crippen LogP contribution in [0.2, 0.25) is 0 Å². The first-order valence-corrected chi connectivity index (χ1v) is 6.48. The predicted octanol–water partition coefficient (Wildman–Crippen LogP) is 0.370. The van der Waals surface area contributed by atoms with Crippen LogP contribution in [-0.4, -0.2) is 15.0 Å². The van der Waals surface area contributed by atoms with Gasteiger partial charge in [-0.1, -0.05) is 12.1 Å². The Morgan fingerprint density at radius 2 is 2.13 bits per heavy atom. The molecule has 15 heavy (non-hydrogen) atoms. The van der Waals surface area contributed by atoms with E-state index in [1.807, 2.05) is 6.07 Å². The van der Waals surface area contributed by atoms with E-state index in [1.165, 1.54) is 0 Å². The first-order valence-electron chi connectivity index (χ1n) is 4.93. The normalized spacial score (nSPS) is 16.9. The summed E-state index contributed by atoms with van der Waals surface area (Å²) in [7, 11) is -3.60. The third kappa shape index (κ3) is 2.19. The van der Waals surface area contributed by atoms with Crippen LogP contribution in [0.25, 0.3) is 0 Å². The summed E-state index contributed by atoms with van der Waals surface area (Å²) in [5.74, 6) is 0. The van der Waals surface area contributed by atoms with Gasteiger partial charge in [0, 0.05) is 6.54 Å². The number of hydrogen-bond donors (Lipinski definition) is 2. The van der Waals surface area contributed by atoms with Gasteiger partial charge >= 0.3 is 0 Å². The number of nitrogens with one attached hydrogen (secondary N) is 1. The van der Waals surface area contributed by atoms with Crippen LogP contribution in [0, 0.1) is 0 Å². The lowest BCUT2D eigenvalue weighted by Gasteiger charge is -2.10. The minimum atomic E-state index is -3.60. The van der Waals surface area contributed by atoms with Gasteiger partial charge in [0.1, 0.15) is 0 Å². The molecule has 2 rings (SSSR count). The zero-order valence-corrected chi connectivity index (χ0v) is 9.18. The van der Waals surface area contributed by atoms with Crippen molar-refractivity contribution in [3.63, 3.8) is 0 Å². The molecule has 82 valence electrons. The van der Waals surface area contributed by atoms with Crippen LogP contribution in [0.5, 0.6) is 0 Å². The summed E-state index contributed by atoms with van der Waals surface area (Å²) in [5, 5.41) is 8.37. The van der Waals surface area contributed by atoms with Crippen LogP contribution < -0.4 is 10.5 Å². The molecule has 4 nitrogen and oxygen atoms in total. The van der Waals surface area contributed by atoms with E-state index in [0.717, 1.165) is 30.5 Å². The smallest absolute Gasteiger partial charge is 0.238 e. The van der Waals surface area contributed by atoms with Crippen molar-refractivity contribution in [2.45, 2.75) is 24.3 Å². The topological polar surface area (TPSA) is 72.2 Å². The fourth-order valence-electron chi connectivity index (χ4n) is 1.93. The molecule has 1 aromatic rings. The molecule has 1 heterocycles. The maximum Gasteiger partial charge on any atom is 0.238 e. The van der Waals surface area contributed by atoms with Gasteiger partial charge in [-0.25, -0.2) is 13.6 Å². The van der Waals surface area contributed by atoms with Gasteiger partial charge in [-0.15, -0.1) is 0 Å². The molecule has 1 aliphatic rings. The highest BCUT2D eigenvalue weighted by Gasteiger charge is 2.17. The van der Waals surface area contributed by atoms with Gasteiger partial charge < -0.3 is 5.32 Å². The van der Waals surface area contributed by atoms with E-state index < -0.39 is 10.0 Å². The van der Waals surface area contributed by atoms with Gasteiger partial charge in [-0.05, 0) is 36.6 Å². The molecule has 0 spiro atoms. The monoisotopic (exact) mass is 226 g/mol. The molecule has 1 aromatic carbocycles. The molecule has 1 aliphatic heterocycles. The van der Waals surface area contributed by atoms with Gasteiger partial charge in [0.25, 0.3) is 0 Å². The molecule has 0 saturated carbocycles. The molecule has 0 aliphatic carbocycles. The Morgan fingerprint density at radius 3 is 2.87 bits per heavy atom. The van der Waals surface area contributed by atoms with Crippen LogP contribution in [0.3, 0.4) is 0 Å². The van der Waals surface area contributed by atoms with Crippen LogP contribution in [0.15, 0.2) is 23.1 Å². The molecule has 0 fully saturated rings. The van der Waals surface area contributed by atoms with E-state index in [2.05, 4.69) is 5.32 Å². The SMILES string of the molecule is NS(=O)(=O)c1cccc2c1CNCCC2. The molecule has 5 heteroatoms. The van der Waals surface area contributed by atoms with Crippen LogP contribution in [0.4, 0.5) is 0 Å². The number of hydrogen-bond acceptors (Lipinski definition) is 3. The summed E-state index contributed by atoms with van der Waals surface area (Å²) < 4.78 is 22.7. The highest BCUT2D eigenvalue weighted by atomic mass is 32.2. The minimum absolute atomic E-state index is 0.259. The second kappa shape index (κ2) is 3.92. The third-order valence-electron chi connectivity index (χ3n) is 2.64. The van der Waals surface area contributed by atoms with Crippen LogP contribution >= 0.6 is 0 Å². The fourth-order valence-corrected chi connectivity index (χ4v) is 2.74. The summed E-state index contributed by atoms with van der Waals surface area (Å²) in [5.41, 5.74) is 1.92. The number of primary sulfonamides is 1. The van der Waals surface area contributed by atoms with Crippen molar-refractivity contribution < 1.29 is 8.42 Å². The average molecular weight is 226 g/mol. The quantitative estimate of drug-likeness (QED) is 0.726.